The number of likely N-dealkylation sites (tertiary alicyclic amines) is 1. The van der Waals surface area contributed by atoms with Gasteiger partial charge in [0, 0.05) is 101 Å². The van der Waals surface area contributed by atoms with Crippen LogP contribution in [0.15, 0.2) is 152 Å². The van der Waals surface area contributed by atoms with E-state index >= 15 is 0 Å². The first-order valence-corrected chi connectivity index (χ1v) is 27.6. The number of nitrogens with one attached hydrogen (secondary N) is 3. The van der Waals surface area contributed by atoms with E-state index in [1.165, 1.54) is 59.5 Å². The van der Waals surface area contributed by atoms with Gasteiger partial charge in [0.05, 0.1) is 12.2 Å². The Hall–Kier alpha value is -6.36. The molecule has 2 aromatic heterocycles. The number of benzene rings is 4. The zero-order valence-electron chi connectivity index (χ0n) is 45.1. The van der Waals surface area contributed by atoms with Crippen molar-refractivity contribution in [2.24, 2.45) is 0 Å². The fraction of sp³-hybridized carbons (Fsp3) is 0.310. The first-order chi connectivity index (χ1) is 38.7. The molecule has 2 unspecified atom stereocenters. The Morgan fingerprint density at radius 1 is 0.683 bits per heavy atom. The molecule has 24 heteroatoms. The Morgan fingerprint density at radius 2 is 1.18 bits per heavy atom. The number of aromatic nitrogens is 2. The molecule has 426 valence electrons. The second kappa shape index (κ2) is 28.3. The Balaban J connectivity index is 0.000000233. The summed E-state index contributed by atoms with van der Waals surface area (Å²) in [5.74, 6) is -10.4. The molecule has 2 aliphatic heterocycles. The molecule has 4 heterocycles. The van der Waals surface area contributed by atoms with E-state index in [-0.39, 0.29) is 108 Å². The molecule has 0 radical (unpaired) electrons. The van der Waals surface area contributed by atoms with Gasteiger partial charge in [-0.2, -0.15) is 4.57 Å². The monoisotopic (exact) mass is 1250 g/mol. The van der Waals surface area contributed by atoms with Crippen molar-refractivity contribution in [3.63, 3.8) is 0 Å². The SMILES string of the molecule is BrC[n+]1ccccc1.O=C(NC1CC(F)(F)C1)C(c1ccccc1Cl)N(C(=O)[C@@H]1CCC(=O)N1Cc1ccccn1)c1cccc(F)c1.O=C1CC[C@@H](C(=O)N(c2cccc(F)c2)C(C(=O)NC2CC(F)(F)C2)c2ccccc2Cl)N1.[H-].[Na+]. The van der Waals surface area contributed by atoms with Gasteiger partial charge in [0.1, 0.15) is 35.8 Å². The summed E-state index contributed by atoms with van der Waals surface area (Å²) < 4.78 is 84.5. The average Bonchev–Trinajstić information content (AvgIpc) is 3.45. The second-order valence-electron chi connectivity index (χ2n) is 19.7. The molecule has 0 spiro atoms. The Labute approximate surface area is 510 Å². The van der Waals surface area contributed by atoms with Crippen molar-refractivity contribution >= 4 is 85.9 Å². The Bertz CT molecular complexity index is 3250. The van der Waals surface area contributed by atoms with E-state index in [2.05, 4.69) is 36.9 Å². The topological polar surface area (TPSA) is 165 Å². The first kappa shape index (κ1) is 63.2. The zero-order chi connectivity index (χ0) is 58.0. The molecule has 2 aliphatic carbocycles. The summed E-state index contributed by atoms with van der Waals surface area (Å²) in [5, 5.41) is 8.06. The molecule has 3 N–H and O–H groups in total. The van der Waals surface area contributed by atoms with Crippen LogP contribution in [0, 0.1) is 11.6 Å². The van der Waals surface area contributed by atoms with Gasteiger partial charge in [0.25, 0.3) is 23.7 Å². The number of carbonyl (C=O) groups excluding carboxylic acids is 6. The number of hydrogen-bond donors (Lipinski definition) is 3. The molecule has 10 rings (SSSR count). The average molecular weight is 1250 g/mol. The minimum atomic E-state index is -2.88. The fourth-order valence-electron chi connectivity index (χ4n) is 9.83. The van der Waals surface area contributed by atoms with Crippen LogP contribution in [0.25, 0.3) is 0 Å². The molecular weight excluding hydrogens is 1190 g/mol. The molecule has 6 amide bonds. The van der Waals surface area contributed by atoms with Crippen molar-refractivity contribution in [2.45, 2.75) is 111 Å². The molecule has 4 atom stereocenters. The summed E-state index contributed by atoms with van der Waals surface area (Å²) in [7, 11) is 0. The van der Waals surface area contributed by atoms with E-state index in [9.17, 15) is 55.1 Å². The standard InChI is InChI=1S/C29H26ClF3N4O3.C23H21ClF3N3O3.C6H7BrN.Na.H/c30-23-10-2-1-9-22(23)26(27(39)35-20-15-29(32,33)16-20)37(21-8-5-6-18(31)14-21)28(40)24-11-12-25(38)36(24)17-19-7-3-4-13-34-19;24-17-7-2-1-6-16(17)20(21(32)28-14-11-23(26,27)12-14)30(15-5-3-4-13(25)10-15)22(33)18-8-9-19(31)29-18;7-6-8-4-2-1-3-5-8;;/h1-10,13-14,20,24,26H,11-12,15-17H2,(H,35,39);1-7,10,14,18,20H,8-9,11-12H2,(H,28,32)(H,29,31);1-5H,6H2;;/q;;2*+1;-1/t24-,26?;18-,20?;;;/m00.../s1. The zero-order valence-corrected chi connectivity index (χ0v) is 49.2. The minimum Gasteiger partial charge on any atom is -1.00 e. The van der Waals surface area contributed by atoms with Crippen LogP contribution in [0.3, 0.4) is 0 Å². The molecule has 4 fully saturated rings. The minimum absolute atomic E-state index is 0. The number of pyridine rings is 2. The van der Waals surface area contributed by atoms with Crippen LogP contribution in [0.1, 0.15) is 81.7 Å². The summed E-state index contributed by atoms with van der Waals surface area (Å²) in [5.41, 5.74) is 2.03. The molecule has 14 nitrogen and oxygen atoms in total. The summed E-state index contributed by atoms with van der Waals surface area (Å²) >= 11 is 16.2. The van der Waals surface area contributed by atoms with Crippen LogP contribution in [0.5, 0.6) is 0 Å². The molecule has 82 heavy (non-hydrogen) atoms. The maximum absolute atomic E-state index is 14.5. The van der Waals surface area contributed by atoms with Crippen molar-refractivity contribution in [1.29, 1.82) is 0 Å². The van der Waals surface area contributed by atoms with Gasteiger partial charge in [-0.25, -0.2) is 26.3 Å². The van der Waals surface area contributed by atoms with Gasteiger partial charge in [-0.1, -0.05) is 83.9 Å². The van der Waals surface area contributed by atoms with Gasteiger partial charge in [0.15, 0.2) is 12.4 Å². The normalized spacial score (nSPS) is 18.5. The van der Waals surface area contributed by atoms with Crippen molar-refractivity contribution in [3.8, 4) is 0 Å². The van der Waals surface area contributed by atoms with Gasteiger partial charge in [-0.15, -0.1) is 0 Å². The summed E-state index contributed by atoms with van der Waals surface area (Å²) in [6.45, 7) is 0.0627. The number of anilines is 2. The van der Waals surface area contributed by atoms with E-state index in [0.29, 0.717) is 5.69 Å². The molecule has 2 saturated carbocycles. The molecule has 0 bridgehead atoms. The van der Waals surface area contributed by atoms with E-state index in [4.69, 9.17) is 23.2 Å². The summed E-state index contributed by atoms with van der Waals surface area (Å²) in [6.07, 6.45) is 4.11. The number of carbonyl (C=O) groups is 6. The van der Waals surface area contributed by atoms with Crippen LogP contribution in [-0.2, 0) is 40.8 Å². The summed E-state index contributed by atoms with van der Waals surface area (Å²) in [4.78, 5) is 87.5. The van der Waals surface area contributed by atoms with Gasteiger partial charge in [-0.05, 0) is 89.4 Å². The maximum atomic E-state index is 14.5. The van der Waals surface area contributed by atoms with E-state index in [0.717, 1.165) is 27.4 Å². The third-order valence-corrected chi connectivity index (χ3v) is 15.1. The smallest absolute Gasteiger partial charge is 1.00 e. The number of nitrogens with zero attached hydrogens (tertiary/aromatic N) is 5. The molecular formula is C58H55BrCl2F6N8NaO6+. The van der Waals surface area contributed by atoms with Crippen molar-refractivity contribution in [2.75, 3.05) is 9.80 Å². The molecule has 6 aromatic rings. The summed E-state index contributed by atoms with van der Waals surface area (Å²) in [6, 6.07) is 27.9. The largest absolute Gasteiger partial charge is 1.00 e. The van der Waals surface area contributed by atoms with E-state index in [1.807, 2.05) is 35.2 Å². The number of hydrogen-bond acceptors (Lipinski definition) is 7. The number of alkyl halides is 5. The second-order valence-corrected chi connectivity index (χ2v) is 21.0. The third-order valence-electron chi connectivity index (χ3n) is 13.8. The van der Waals surface area contributed by atoms with E-state index in [1.54, 1.807) is 54.7 Å². The van der Waals surface area contributed by atoms with E-state index < -0.39 is 109 Å². The van der Waals surface area contributed by atoms with Crippen LogP contribution >= 0.6 is 39.1 Å². The van der Waals surface area contributed by atoms with Gasteiger partial charge in [-0.3, -0.25) is 43.6 Å². The van der Waals surface area contributed by atoms with Crippen molar-refractivity contribution in [3.05, 3.63) is 191 Å². The first-order valence-electron chi connectivity index (χ1n) is 25.7. The van der Waals surface area contributed by atoms with Crippen LogP contribution < -0.4 is 59.9 Å². The molecule has 4 aromatic carbocycles. The van der Waals surface area contributed by atoms with Crippen LogP contribution in [0.4, 0.5) is 37.7 Å². The maximum Gasteiger partial charge on any atom is 1.00 e. The number of amides is 6. The molecule has 4 aliphatic rings. The van der Waals surface area contributed by atoms with Gasteiger partial charge < -0.3 is 22.3 Å². The Kier molecular flexibility index (Phi) is 21.8. The fourth-order valence-corrected chi connectivity index (χ4v) is 10.6. The molecule has 2 saturated heterocycles. The van der Waals surface area contributed by atoms with Crippen molar-refractivity contribution < 1.29 is 90.7 Å². The van der Waals surface area contributed by atoms with Crippen LogP contribution in [-0.4, -0.2) is 81.3 Å². The van der Waals surface area contributed by atoms with Gasteiger partial charge in [0.2, 0.25) is 29.1 Å². The predicted molar refractivity (Wildman–Crippen MR) is 294 cm³/mol. The van der Waals surface area contributed by atoms with Crippen molar-refractivity contribution in [1.82, 2.24) is 25.8 Å². The predicted octanol–water partition coefficient (Wildman–Crippen LogP) is 7.24. The number of halogens is 9. The van der Waals surface area contributed by atoms with Gasteiger partial charge >= 0.3 is 29.6 Å². The number of rotatable bonds is 15. The third kappa shape index (κ3) is 16.0. The quantitative estimate of drug-likeness (QED) is 0.0422. The van der Waals surface area contributed by atoms with Crippen LogP contribution in [0.2, 0.25) is 10.0 Å². The Morgan fingerprint density at radius 3 is 1.61 bits per heavy atom.